The molecule has 1 heterocycles. The second-order valence-corrected chi connectivity index (χ2v) is 5.72. The third-order valence-corrected chi connectivity index (χ3v) is 3.95. The van der Waals surface area contributed by atoms with E-state index in [0.717, 1.165) is 30.8 Å². The van der Waals surface area contributed by atoms with Crippen molar-refractivity contribution in [2.75, 3.05) is 33.4 Å². The van der Waals surface area contributed by atoms with Crippen molar-refractivity contribution in [2.45, 2.75) is 32.4 Å². The number of likely N-dealkylation sites (N-methyl/N-ethyl adjacent to an activating group) is 1. The number of ether oxygens (including phenoxy) is 2. The predicted molar refractivity (Wildman–Crippen MR) is 86.2 cm³/mol. The Labute approximate surface area is 132 Å². The van der Waals surface area contributed by atoms with Crippen LogP contribution in [0.3, 0.4) is 0 Å². The molecule has 1 aliphatic heterocycles. The van der Waals surface area contributed by atoms with E-state index in [1.54, 1.807) is 7.11 Å². The zero-order valence-electron chi connectivity index (χ0n) is 13.7. The third-order valence-electron chi connectivity index (χ3n) is 3.95. The molecule has 1 aromatic carbocycles. The molecule has 0 aliphatic carbocycles. The number of methoxy groups -OCH3 is 1. The molecule has 0 saturated carbocycles. The van der Waals surface area contributed by atoms with Crippen LogP contribution in [0.15, 0.2) is 24.3 Å². The van der Waals surface area contributed by atoms with Crippen LogP contribution in [-0.2, 0) is 16.0 Å². The van der Waals surface area contributed by atoms with Gasteiger partial charge in [-0.05, 0) is 37.6 Å². The third kappa shape index (κ3) is 4.71. The first-order chi connectivity index (χ1) is 10.6. The van der Waals surface area contributed by atoms with Crippen molar-refractivity contribution in [1.82, 2.24) is 10.2 Å². The number of rotatable bonds is 6. The number of carbonyl (C=O) groups excluding carboxylic acids is 1. The summed E-state index contributed by atoms with van der Waals surface area (Å²) >= 11 is 0. The van der Waals surface area contributed by atoms with E-state index in [1.807, 2.05) is 31.2 Å². The van der Waals surface area contributed by atoms with E-state index in [0.29, 0.717) is 13.2 Å². The van der Waals surface area contributed by atoms with Crippen molar-refractivity contribution < 1.29 is 14.3 Å². The molecule has 1 N–H and O–H groups in total. The van der Waals surface area contributed by atoms with Crippen molar-refractivity contribution in [3.63, 3.8) is 0 Å². The van der Waals surface area contributed by atoms with Crippen LogP contribution < -0.4 is 10.1 Å². The van der Waals surface area contributed by atoms with E-state index in [4.69, 9.17) is 9.47 Å². The maximum Gasteiger partial charge on any atom is 0.250 e. The van der Waals surface area contributed by atoms with Crippen LogP contribution in [0.25, 0.3) is 0 Å². The molecule has 0 radical (unpaired) electrons. The zero-order chi connectivity index (χ0) is 15.9. The van der Waals surface area contributed by atoms with Crippen LogP contribution >= 0.6 is 0 Å². The van der Waals surface area contributed by atoms with Crippen molar-refractivity contribution in [1.29, 1.82) is 0 Å². The van der Waals surface area contributed by atoms with Crippen LogP contribution in [0.1, 0.15) is 19.4 Å². The summed E-state index contributed by atoms with van der Waals surface area (Å²) < 4.78 is 10.8. The highest BCUT2D eigenvalue weighted by Crippen LogP contribution is 2.14. The first-order valence-corrected chi connectivity index (χ1v) is 7.89. The van der Waals surface area contributed by atoms with Gasteiger partial charge in [-0.25, -0.2) is 0 Å². The van der Waals surface area contributed by atoms with Crippen LogP contribution in [0.2, 0.25) is 0 Å². The maximum absolute atomic E-state index is 12.3. The highest BCUT2D eigenvalue weighted by Gasteiger charge is 2.26. The largest absolute Gasteiger partial charge is 0.497 e. The molecule has 1 aliphatic rings. The molecule has 1 saturated heterocycles. The first kappa shape index (κ1) is 16.8. The number of amides is 1. The highest BCUT2D eigenvalue weighted by atomic mass is 16.5. The molecule has 0 spiro atoms. The summed E-state index contributed by atoms with van der Waals surface area (Å²) in [6, 6.07) is 7.98. The van der Waals surface area contributed by atoms with E-state index in [1.165, 1.54) is 0 Å². The van der Waals surface area contributed by atoms with Gasteiger partial charge in [0.2, 0.25) is 0 Å². The van der Waals surface area contributed by atoms with Gasteiger partial charge in [0.05, 0.1) is 13.7 Å². The first-order valence-electron chi connectivity index (χ1n) is 7.89. The van der Waals surface area contributed by atoms with Crippen LogP contribution in [0, 0.1) is 0 Å². The second-order valence-electron chi connectivity index (χ2n) is 5.72. The van der Waals surface area contributed by atoms with Gasteiger partial charge in [0.1, 0.15) is 11.9 Å². The summed E-state index contributed by atoms with van der Waals surface area (Å²) in [4.78, 5) is 14.5. The fourth-order valence-corrected chi connectivity index (χ4v) is 2.69. The van der Waals surface area contributed by atoms with E-state index in [9.17, 15) is 4.79 Å². The second kappa shape index (κ2) is 8.15. The van der Waals surface area contributed by atoms with E-state index >= 15 is 0 Å². The Bertz CT molecular complexity index is 493. The van der Waals surface area contributed by atoms with Crippen molar-refractivity contribution in [3.8, 4) is 5.75 Å². The average molecular weight is 306 g/mol. The zero-order valence-corrected chi connectivity index (χ0v) is 13.7. The summed E-state index contributed by atoms with van der Waals surface area (Å²) in [5.74, 6) is 0.818. The van der Waals surface area contributed by atoms with Crippen molar-refractivity contribution in [2.24, 2.45) is 0 Å². The molecule has 2 atom stereocenters. The molecule has 0 aromatic heterocycles. The van der Waals surface area contributed by atoms with Crippen LogP contribution in [0.5, 0.6) is 5.75 Å². The molecule has 1 amide bonds. The Balaban J connectivity index is 1.85. The molecule has 1 fully saturated rings. The lowest BCUT2D eigenvalue weighted by Crippen LogP contribution is -2.51. The molecule has 0 unspecified atom stereocenters. The molecule has 22 heavy (non-hydrogen) atoms. The fraction of sp³-hybridized carbons (Fsp3) is 0.588. The standard InChI is InChI=1S/C17H26N2O3/c1-4-19-8-9-22-16(12-19)17(20)18-13(2)10-14-6-5-7-15(11-14)21-3/h5-7,11,13,16H,4,8-10,12H2,1-3H3,(H,18,20)/t13-,16+/m1/s1. The monoisotopic (exact) mass is 306 g/mol. The van der Waals surface area contributed by atoms with Gasteiger partial charge in [-0.15, -0.1) is 0 Å². The SMILES string of the molecule is CCN1CCO[C@H](C(=O)N[C@H](C)Cc2cccc(OC)c2)C1. The Morgan fingerprint density at radius 1 is 1.55 bits per heavy atom. The smallest absolute Gasteiger partial charge is 0.250 e. The highest BCUT2D eigenvalue weighted by molar-refractivity contribution is 5.81. The molecule has 5 heteroatoms. The molecule has 1 aromatic rings. The lowest BCUT2D eigenvalue weighted by Gasteiger charge is -2.31. The number of benzene rings is 1. The van der Waals surface area contributed by atoms with Gasteiger partial charge in [-0.1, -0.05) is 19.1 Å². The quantitative estimate of drug-likeness (QED) is 0.864. The Morgan fingerprint density at radius 3 is 3.09 bits per heavy atom. The van der Waals surface area contributed by atoms with Gasteiger partial charge >= 0.3 is 0 Å². The lowest BCUT2D eigenvalue weighted by atomic mass is 10.1. The molecule has 5 nitrogen and oxygen atoms in total. The summed E-state index contributed by atoms with van der Waals surface area (Å²) in [6.07, 6.45) is 0.411. The number of morpholine rings is 1. The molecular weight excluding hydrogens is 280 g/mol. The number of hydrogen-bond acceptors (Lipinski definition) is 4. The summed E-state index contributed by atoms with van der Waals surface area (Å²) in [5, 5.41) is 3.05. The van der Waals surface area contributed by atoms with E-state index in [2.05, 4.69) is 17.1 Å². The number of hydrogen-bond donors (Lipinski definition) is 1. The lowest BCUT2D eigenvalue weighted by molar-refractivity contribution is -0.139. The number of nitrogens with zero attached hydrogens (tertiary/aromatic N) is 1. The Morgan fingerprint density at radius 2 is 2.36 bits per heavy atom. The normalized spacial score (nSPS) is 20.4. The topological polar surface area (TPSA) is 50.8 Å². The van der Waals surface area contributed by atoms with Crippen molar-refractivity contribution >= 4 is 5.91 Å². The van der Waals surface area contributed by atoms with Crippen LogP contribution in [0.4, 0.5) is 0 Å². The summed E-state index contributed by atoms with van der Waals surface area (Å²) in [6.45, 7) is 7.26. The molecular formula is C17H26N2O3. The number of carbonyl (C=O) groups is 1. The van der Waals surface area contributed by atoms with Gasteiger partial charge in [0.15, 0.2) is 0 Å². The minimum absolute atomic E-state index is 0.0199. The van der Waals surface area contributed by atoms with Crippen molar-refractivity contribution in [3.05, 3.63) is 29.8 Å². The molecule has 0 bridgehead atoms. The predicted octanol–water partition coefficient (Wildman–Crippen LogP) is 1.46. The fourth-order valence-electron chi connectivity index (χ4n) is 2.69. The molecule has 122 valence electrons. The molecule has 2 rings (SSSR count). The van der Waals surface area contributed by atoms with E-state index < -0.39 is 0 Å². The minimum Gasteiger partial charge on any atom is -0.497 e. The summed E-state index contributed by atoms with van der Waals surface area (Å²) in [5.41, 5.74) is 1.15. The van der Waals surface area contributed by atoms with Gasteiger partial charge < -0.3 is 14.8 Å². The summed E-state index contributed by atoms with van der Waals surface area (Å²) in [7, 11) is 1.66. The Kier molecular flexibility index (Phi) is 6.21. The Hall–Kier alpha value is -1.59. The maximum atomic E-state index is 12.3. The van der Waals surface area contributed by atoms with Crippen LogP contribution in [-0.4, -0.2) is 56.3 Å². The van der Waals surface area contributed by atoms with E-state index in [-0.39, 0.29) is 18.1 Å². The minimum atomic E-state index is -0.360. The van der Waals surface area contributed by atoms with Gasteiger partial charge in [-0.2, -0.15) is 0 Å². The average Bonchev–Trinajstić information content (AvgIpc) is 2.54. The van der Waals surface area contributed by atoms with Gasteiger partial charge in [0.25, 0.3) is 5.91 Å². The number of nitrogens with one attached hydrogen (secondary N) is 1. The van der Waals surface area contributed by atoms with Gasteiger partial charge in [0, 0.05) is 19.1 Å². The van der Waals surface area contributed by atoms with Gasteiger partial charge in [-0.3, -0.25) is 9.69 Å².